The van der Waals surface area contributed by atoms with Crippen LogP contribution in [0.5, 0.6) is 0 Å². The summed E-state index contributed by atoms with van der Waals surface area (Å²) in [5.41, 5.74) is 0. The van der Waals surface area contributed by atoms with Gasteiger partial charge in [-0.3, -0.25) is 4.68 Å². The molecule has 0 radical (unpaired) electrons. The van der Waals surface area contributed by atoms with E-state index in [0.29, 0.717) is 5.92 Å². The van der Waals surface area contributed by atoms with Gasteiger partial charge in [0.2, 0.25) is 0 Å². The normalized spacial score (nSPS) is 13.2. The van der Waals surface area contributed by atoms with Gasteiger partial charge in [-0.2, -0.15) is 5.10 Å². The molecule has 1 heterocycles. The molecule has 0 bridgehead atoms. The van der Waals surface area contributed by atoms with Crippen molar-refractivity contribution in [3.8, 4) is 0 Å². The van der Waals surface area contributed by atoms with Gasteiger partial charge < -0.3 is 5.32 Å². The monoisotopic (exact) mass is 231 g/mol. The van der Waals surface area contributed by atoms with Crippen LogP contribution in [-0.4, -0.2) is 23.4 Å². The Kier molecular flexibility index (Phi) is 3.75. The molecule has 0 spiro atoms. The molecular weight excluding hydrogens is 218 g/mol. The van der Waals surface area contributed by atoms with Gasteiger partial charge in [0.15, 0.2) is 0 Å². The van der Waals surface area contributed by atoms with E-state index in [1.54, 1.807) is 6.20 Å². The van der Waals surface area contributed by atoms with E-state index < -0.39 is 0 Å². The lowest BCUT2D eigenvalue weighted by molar-refractivity contribution is 0.430. The smallest absolute Gasteiger partial charge is 0.104 e. The van der Waals surface area contributed by atoms with Crippen LogP contribution in [0.4, 0.5) is 0 Å². The molecule has 1 rings (SSSR count). The van der Waals surface area contributed by atoms with E-state index in [1.165, 1.54) is 0 Å². The molecular formula is C8H14BrN3. The van der Waals surface area contributed by atoms with Crippen molar-refractivity contribution in [3.05, 3.63) is 16.9 Å². The maximum absolute atomic E-state index is 4.18. The average molecular weight is 232 g/mol. The Hall–Kier alpha value is -0.350. The zero-order valence-corrected chi connectivity index (χ0v) is 9.00. The second-order valence-corrected chi connectivity index (χ2v) is 3.81. The predicted octanol–water partition coefficient (Wildman–Crippen LogP) is 1.50. The number of rotatable bonds is 4. The third-order valence-electron chi connectivity index (χ3n) is 1.70. The van der Waals surface area contributed by atoms with Crippen molar-refractivity contribution in [2.45, 2.75) is 13.5 Å². The molecule has 1 aromatic rings. The van der Waals surface area contributed by atoms with Crippen LogP contribution in [0.15, 0.2) is 16.9 Å². The van der Waals surface area contributed by atoms with Crippen LogP contribution in [-0.2, 0) is 6.54 Å². The van der Waals surface area contributed by atoms with E-state index >= 15 is 0 Å². The van der Waals surface area contributed by atoms with E-state index in [-0.39, 0.29) is 0 Å². The van der Waals surface area contributed by atoms with Gasteiger partial charge in [0.1, 0.15) is 4.60 Å². The Balaban J connectivity index is 2.46. The molecule has 3 nitrogen and oxygen atoms in total. The van der Waals surface area contributed by atoms with Crippen molar-refractivity contribution in [2.24, 2.45) is 5.92 Å². The van der Waals surface area contributed by atoms with Crippen LogP contribution in [0.3, 0.4) is 0 Å². The molecule has 0 saturated heterocycles. The maximum atomic E-state index is 4.18. The van der Waals surface area contributed by atoms with Crippen molar-refractivity contribution < 1.29 is 0 Å². The molecule has 0 aliphatic rings. The summed E-state index contributed by atoms with van der Waals surface area (Å²) in [6.07, 6.45) is 1.80. The Morgan fingerprint density at radius 3 is 3.00 bits per heavy atom. The molecule has 1 atom stereocenters. The third-order valence-corrected chi connectivity index (χ3v) is 2.38. The first-order valence-electron chi connectivity index (χ1n) is 4.06. The molecule has 68 valence electrons. The molecule has 0 saturated carbocycles. The predicted molar refractivity (Wildman–Crippen MR) is 53.0 cm³/mol. The minimum absolute atomic E-state index is 0.603. The summed E-state index contributed by atoms with van der Waals surface area (Å²) in [6.45, 7) is 4.17. The summed E-state index contributed by atoms with van der Waals surface area (Å²) in [4.78, 5) is 0. The van der Waals surface area contributed by atoms with Crippen molar-refractivity contribution in [1.29, 1.82) is 0 Å². The number of aromatic nitrogens is 2. The van der Waals surface area contributed by atoms with Crippen LogP contribution in [0.25, 0.3) is 0 Å². The van der Waals surface area contributed by atoms with Gasteiger partial charge in [0.25, 0.3) is 0 Å². The van der Waals surface area contributed by atoms with Crippen LogP contribution in [0.1, 0.15) is 6.92 Å². The number of nitrogens with one attached hydrogen (secondary N) is 1. The first-order valence-corrected chi connectivity index (χ1v) is 4.85. The number of nitrogens with zero attached hydrogens (tertiary/aromatic N) is 2. The molecule has 0 aliphatic heterocycles. The van der Waals surface area contributed by atoms with Gasteiger partial charge >= 0.3 is 0 Å². The van der Waals surface area contributed by atoms with Crippen LogP contribution >= 0.6 is 15.9 Å². The van der Waals surface area contributed by atoms with Crippen LogP contribution in [0.2, 0.25) is 0 Å². The number of hydrogen-bond donors (Lipinski definition) is 1. The molecule has 1 unspecified atom stereocenters. The Bertz CT molecular complexity index is 234. The van der Waals surface area contributed by atoms with Gasteiger partial charge in [-0.15, -0.1) is 0 Å². The van der Waals surface area contributed by atoms with Crippen molar-refractivity contribution >= 4 is 15.9 Å². The van der Waals surface area contributed by atoms with Crippen molar-refractivity contribution in [1.82, 2.24) is 15.1 Å². The molecule has 0 aliphatic carbocycles. The molecule has 4 heteroatoms. The fraction of sp³-hybridized carbons (Fsp3) is 0.625. The van der Waals surface area contributed by atoms with Crippen LogP contribution in [0, 0.1) is 5.92 Å². The average Bonchev–Trinajstić information content (AvgIpc) is 2.37. The van der Waals surface area contributed by atoms with E-state index in [9.17, 15) is 0 Å². The largest absolute Gasteiger partial charge is 0.319 e. The third kappa shape index (κ3) is 2.60. The zero-order chi connectivity index (χ0) is 8.97. The Morgan fingerprint density at radius 1 is 1.75 bits per heavy atom. The zero-order valence-electron chi connectivity index (χ0n) is 7.42. The van der Waals surface area contributed by atoms with E-state index in [2.05, 4.69) is 33.3 Å². The first kappa shape index (κ1) is 9.74. The molecule has 1 aromatic heterocycles. The molecule has 0 aromatic carbocycles. The van der Waals surface area contributed by atoms with Gasteiger partial charge in [-0.1, -0.05) is 6.92 Å². The summed E-state index contributed by atoms with van der Waals surface area (Å²) >= 11 is 3.43. The summed E-state index contributed by atoms with van der Waals surface area (Å²) in [5.74, 6) is 0.603. The minimum Gasteiger partial charge on any atom is -0.319 e. The minimum atomic E-state index is 0.603. The lowest BCUT2D eigenvalue weighted by atomic mass is 10.2. The summed E-state index contributed by atoms with van der Waals surface area (Å²) in [6, 6.07) is 1.95. The van der Waals surface area contributed by atoms with Crippen LogP contribution < -0.4 is 5.32 Å². The topological polar surface area (TPSA) is 29.9 Å². The van der Waals surface area contributed by atoms with Gasteiger partial charge in [-0.05, 0) is 41.5 Å². The summed E-state index contributed by atoms with van der Waals surface area (Å²) in [7, 11) is 1.97. The second-order valence-electron chi connectivity index (χ2n) is 3.00. The van der Waals surface area contributed by atoms with E-state index in [0.717, 1.165) is 17.7 Å². The van der Waals surface area contributed by atoms with E-state index in [1.807, 2.05) is 17.8 Å². The highest BCUT2D eigenvalue weighted by atomic mass is 79.9. The maximum Gasteiger partial charge on any atom is 0.104 e. The lowest BCUT2D eigenvalue weighted by Gasteiger charge is -2.11. The fourth-order valence-electron chi connectivity index (χ4n) is 1.16. The number of hydrogen-bond acceptors (Lipinski definition) is 2. The highest BCUT2D eigenvalue weighted by Crippen LogP contribution is 2.09. The summed E-state index contributed by atoms with van der Waals surface area (Å²) in [5, 5.41) is 7.32. The SMILES string of the molecule is CNCC(C)Cn1nccc1Br. The Morgan fingerprint density at radius 2 is 2.50 bits per heavy atom. The number of halogens is 1. The highest BCUT2D eigenvalue weighted by Gasteiger charge is 2.04. The van der Waals surface area contributed by atoms with E-state index in [4.69, 9.17) is 0 Å². The first-order chi connectivity index (χ1) is 5.74. The van der Waals surface area contributed by atoms with Crippen molar-refractivity contribution in [2.75, 3.05) is 13.6 Å². The summed E-state index contributed by atoms with van der Waals surface area (Å²) < 4.78 is 3.01. The van der Waals surface area contributed by atoms with Crippen molar-refractivity contribution in [3.63, 3.8) is 0 Å². The molecule has 1 N–H and O–H groups in total. The van der Waals surface area contributed by atoms with Gasteiger partial charge in [0, 0.05) is 6.54 Å². The van der Waals surface area contributed by atoms with Gasteiger partial charge in [-0.25, -0.2) is 0 Å². The molecule has 12 heavy (non-hydrogen) atoms. The standard InChI is InChI=1S/C8H14BrN3/c1-7(5-10-2)6-12-8(9)3-4-11-12/h3-4,7,10H,5-6H2,1-2H3. The second kappa shape index (κ2) is 4.62. The quantitative estimate of drug-likeness (QED) is 0.852. The highest BCUT2D eigenvalue weighted by molar-refractivity contribution is 9.10. The fourth-order valence-corrected chi connectivity index (χ4v) is 1.51. The lowest BCUT2D eigenvalue weighted by Crippen LogP contribution is -2.21. The Labute approximate surface area is 81.3 Å². The molecule has 0 fully saturated rings. The van der Waals surface area contributed by atoms with Gasteiger partial charge in [0.05, 0.1) is 6.20 Å². The molecule has 0 amide bonds.